The van der Waals surface area contributed by atoms with E-state index in [0.29, 0.717) is 6.42 Å². The Morgan fingerprint density at radius 1 is 1.36 bits per heavy atom. The van der Waals surface area contributed by atoms with E-state index in [9.17, 15) is 13.2 Å². The van der Waals surface area contributed by atoms with Crippen LogP contribution in [-0.2, 0) is 4.74 Å². The number of hydrogen-bond acceptors (Lipinski definition) is 2. The molecule has 0 spiro atoms. The highest BCUT2D eigenvalue weighted by Crippen LogP contribution is 2.35. The summed E-state index contributed by atoms with van der Waals surface area (Å²) in [6, 6.07) is 0. The highest BCUT2D eigenvalue weighted by molar-refractivity contribution is 4.73. The van der Waals surface area contributed by atoms with Gasteiger partial charge in [0.15, 0.2) is 6.29 Å². The van der Waals surface area contributed by atoms with Crippen LogP contribution in [0.25, 0.3) is 0 Å². The summed E-state index contributed by atoms with van der Waals surface area (Å²) in [6.07, 6.45) is -5.67. The monoisotopic (exact) mass is 170 g/mol. The summed E-state index contributed by atoms with van der Waals surface area (Å²) in [6.45, 7) is 0.216. The molecule has 66 valence electrons. The molecule has 1 fully saturated rings. The van der Waals surface area contributed by atoms with Crippen molar-refractivity contribution in [1.82, 2.24) is 0 Å². The first kappa shape index (κ1) is 8.80. The van der Waals surface area contributed by atoms with Crippen molar-refractivity contribution >= 4 is 0 Å². The van der Waals surface area contributed by atoms with E-state index < -0.39 is 18.4 Å². The minimum Gasteiger partial charge on any atom is -0.367 e. The van der Waals surface area contributed by atoms with Crippen LogP contribution in [-0.4, -0.2) is 24.2 Å². The maximum absolute atomic E-state index is 12.0. The second-order valence-corrected chi connectivity index (χ2v) is 2.55. The zero-order valence-electron chi connectivity index (χ0n) is 5.77. The van der Waals surface area contributed by atoms with Gasteiger partial charge in [0.25, 0.3) is 0 Å². The molecule has 0 aromatic carbocycles. The third kappa shape index (κ3) is 2.07. The second-order valence-electron chi connectivity index (χ2n) is 2.55. The number of rotatable bonds is 0. The van der Waals surface area contributed by atoms with Crippen LogP contribution in [0.5, 0.6) is 0 Å². The van der Waals surface area contributed by atoms with E-state index in [1.165, 1.54) is 0 Å². The Kier molecular flexibility index (Phi) is 2.39. The number of ether oxygens (including phenoxy) is 1. The van der Waals surface area contributed by atoms with E-state index in [-0.39, 0.29) is 13.0 Å². The van der Waals surface area contributed by atoms with E-state index in [1.807, 2.05) is 0 Å². The molecule has 1 rings (SSSR count). The van der Waals surface area contributed by atoms with Crippen LogP contribution in [0.15, 0.2) is 0 Å². The van der Waals surface area contributed by atoms with Crippen molar-refractivity contribution < 1.29 is 23.0 Å². The van der Waals surface area contributed by atoms with Gasteiger partial charge in [-0.05, 0) is 12.8 Å². The van der Waals surface area contributed by atoms with Gasteiger partial charge >= 0.3 is 6.18 Å². The first-order chi connectivity index (χ1) is 5.02. The number of aliphatic hydroxyl groups is 1. The number of alkyl halides is 3. The standard InChI is InChI=1S/C6H9F3O2/c7-6(8,9)4-2-1-3-11-5(4)10/h4-5,10H,1-3H2. The fourth-order valence-electron chi connectivity index (χ4n) is 1.09. The van der Waals surface area contributed by atoms with Crippen molar-refractivity contribution in [2.45, 2.75) is 25.3 Å². The quantitative estimate of drug-likeness (QED) is 0.593. The molecule has 2 atom stereocenters. The van der Waals surface area contributed by atoms with Crippen molar-refractivity contribution in [2.24, 2.45) is 5.92 Å². The van der Waals surface area contributed by atoms with E-state index in [1.54, 1.807) is 0 Å². The van der Waals surface area contributed by atoms with Crippen LogP contribution in [0.4, 0.5) is 13.2 Å². The molecule has 11 heavy (non-hydrogen) atoms. The predicted octanol–water partition coefficient (Wildman–Crippen LogP) is 1.29. The third-order valence-electron chi connectivity index (χ3n) is 1.71. The number of aliphatic hydroxyl groups excluding tert-OH is 1. The number of halogens is 3. The lowest BCUT2D eigenvalue weighted by Gasteiger charge is -2.29. The van der Waals surface area contributed by atoms with Crippen molar-refractivity contribution in [1.29, 1.82) is 0 Å². The second kappa shape index (κ2) is 2.98. The summed E-state index contributed by atoms with van der Waals surface area (Å²) in [4.78, 5) is 0. The van der Waals surface area contributed by atoms with Gasteiger partial charge in [0.1, 0.15) is 5.92 Å². The van der Waals surface area contributed by atoms with Crippen LogP contribution in [0.3, 0.4) is 0 Å². The first-order valence-electron chi connectivity index (χ1n) is 3.38. The maximum Gasteiger partial charge on any atom is 0.396 e. The average Bonchev–Trinajstić information content (AvgIpc) is 1.86. The lowest BCUT2D eigenvalue weighted by atomic mass is 10.0. The lowest BCUT2D eigenvalue weighted by molar-refractivity contribution is -0.268. The molecule has 1 aliphatic heterocycles. The van der Waals surface area contributed by atoms with E-state index >= 15 is 0 Å². The molecule has 0 bridgehead atoms. The molecule has 0 aromatic heterocycles. The van der Waals surface area contributed by atoms with Gasteiger partial charge < -0.3 is 9.84 Å². The average molecular weight is 170 g/mol. The van der Waals surface area contributed by atoms with Gasteiger partial charge in [0.2, 0.25) is 0 Å². The zero-order valence-corrected chi connectivity index (χ0v) is 5.77. The molecule has 1 aliphatic rings. The largest absolute Gasteiger partial charge is 0.396 e. The molecule has 0 aliphatic carbocycles. The van der Waals surface area contributed by atoms with Gasteiger partial charge in [-0.3, -0.25) is 0 Å². The highest BCUT2D eigenvalue weighted by atomic mass is 19.4. The van der Waals surface area contributed by atoms with E-state index in [0.717, 1.165) is 0 Å². The van der Waals surface area contributed by atoms with Gasteiger partial charge in [-0.2, -0.15) is 13.2 Å². The molecule has 0 radical (unpaired) electrons. The summed E-state index contributed by atoms with van der Waals surface area (Å²) >= 11 is 0. The Bertz CT molecular complexity index is 134. The highest BCUT2D eigenvalue weighted by Gasteiger charge is 2.45. The Hall–Kier alpha value is -0.290. The van der Waals surface area contributed by atoms with E-state index in [4.69, 9.17) is 5.11 Å². The van der Waals surface area contributed by atoms with Crippen molar-refractivity contribution in [3.8, 4) is 0 Å². The minimum absolute atomic E-state index is 0.0370. The molecule has 0 saturated carbocycles. The Morgan fingerprint density at radius 2 is 2.00 bits per heavy atom. The zero-order chi connectivity index (χ0) is 8.48. The fraction of sp³-hybridized carbons (Fsp3) is 1.00. The molecule has 2 nitrogen and oxygen atoms in total. The van der Waals surface area contributed by atoms with Gasteiger partial charge in [0.05, 0.1) is 0 Å². The normalized spacial score (nSPS) is 33.8. The van der Waals surface area contributed by atoms with Crippen molar-refractivity contribution in [3.05, 3.63) is 0 Å². The summed E-state index contributed by atoms with van der Waals surface area (Å²) in [5.41, 5.74) is 0. The summed E-state index contributed by atoms with van der Waals surface area (Å²) in [5.74, 6) is -1.70. The van der Waals surface area contributed by atoms with Crippen LogP contribution < -0.4 is 0 Å². The fourth-order valence-corrected chi connectivity index (χ4v) is 1.09. The van der Waals surface area contributed by atoms with Crippen LogP contribution in [0, 0.1) is 5.92 Å². The molecule has 5 heteroatoms. The Morgan fingerprint density at radius 3 is 2.36 bits per heavy atom. The summed E-state index contributed by atoms with van der Waals surface area (Å²) in [5, 5.41) is 8.76. The SMILES string of the molecule is OC1OCCCC1C(F)(F)F. The number of hydrogen-bond donors (Lipinski definition) is 1. The third-order valence-corrected chi connectivity index (χ3v) is 1.71. The molecule has 0 amide bonds. The van der Waals surface area contributed by atoms with Crippen LogP contribution in [0.2, 0.25) is 0 Å². The predicted molar refractivity (Wildman–Crippen MR) is 30.7 cm³/mol. The molecule has 1 N–H and O–H groups in total. The van der Waals surface area contributed by atoms with Gasteiger partial charge in [-0.25, -0.2) is 0 Å². The van der Waals surface area contributed by atoms with Crippen LogP contribution >= 0.6 is 0 Å². The minimum atomic E-state index is -4.33. The summed E-state index contributed by atoms with van der Waals surface area (Å²) < 4.78 is 40.3. The molecular formula is C6H9F3O2. The Balaban J connectivity index is 2.55. The molecule has 1 saturated heterocycles. The van der Waals surface area contributed by atoms with Gasteiger partial charge in [0, 0.05) is 6.61 Å². The van der Waals surface area contributed by atoms with Crippen molar-refractivity contribution in [2.75, 3.05) is 6.61 Å². The molecule has 0 aromatic rings. The van der Waals surface area contributed by atoms with Crippen LogP contribution in [0.1, 0.15) is 12.8 Å². The van der Waals surface area contributed by atoms with Gasteiger partial charge in [-0.1, -0.05) is 0 Å². The Labute approximate surface area is 62.0 Å². The topological polar surface area (TPSA) is 29.5 Å². The van der Waals surface area contributed by atoms with Crippen molar-refractivity contribution in [3.63, 3.8) is 0 Å². The van der Waals surface area contributed by atoms with E-state index in [2.05, 4.69) is 4.74 Å². The smallest absolute Gasteiger partial charge is 0.367 e. The molecule has 2 unspecified atom stereocenters. The lowest BCUT2D eigenvalue weighted by Crippen LogP contribution is -2.39. The first-order valence-corrected chi connectivity index (χ1v) is 3.38. The molecule has 1 heterocycles. The molecular weight excluding hydrogens is 161 g/mol. The maximum atomic E-state index is 12.0. The van der Waals surface area contributed by atoms with Gasteiger partial charge in [-0.15, -0.1) is 0 Å². The summed E-state index contributed by atoms with van der Waals surface area (Å²) in [7, 11) is 0.